The minimum absolute atomic E-state index is 0. The molecule has 144 heavy (non-hydrogen) atoms. The van der Waals surface area contributed by atoms with Gasteiger partial charge in [0, 0.05) is 40.1 Å². The van der Waals surface area contributed by atoms with Crippen LogP contribution in [0.25, 0.3) is 31.9 Å². The van der Waals surface area contributed by atoms with Gasteiger partial charge in [-0.15, -0.1) is 45.3 Å². The maximum atomic E-state index is 7.43. The molecule has 0 fully saturated rings. The van der Waals surface area contributed by atoms with E-state index in [1.54, 1.807) is 20.9 Å². The molecule has 0 N–H and O–H groups in total. The third-order valence-corrected chi connectivity index (χ3v) is 37.8. The lowest BCUT2D eigenvalue weighted by atomic mass is 9.83. The van der Waals surface area contributed by atoms with E-state index in [-0.39, 0.29) is 39.9 Å². The Kier molecular flexibility index (Phi) is 73.4. The highest BCUT2D eigenvalue weighted by Crippen LogP contribution is 2.57. The summed E-state index contributed by atoms with van der Waals surface area (Å²) in [4.78, 5) is 11.6. The van der Waals surface area contributed by atoms with Gasteiger partial charge in [0.15, 0.2) is 23.0 Å². The van der Waals surface area contributed by atoms with Gasteiger partial charge < -0.3 is 18.9 Å². The van der Waals surface area contributed by atoms with Crippen molar-refractivity contribution in [2.45, 2.75) is 683 Å². The summed E-state index contributed by atoms with van der Waals surface area (Å²) in [6.07, 6.45) is 94.0. The van der Waals surface area contributed by atoms with E-state index in [1.165, 1.54) is 463 Å². The zero-order valence-corrected chi connectivity index (χ0v) is 104. The van der Waals surface area contributed by atoms with Gasteiger partial charge in [-0.2, -0.15) is 8.75 Å². The van der Waals surface area contributed by atoms with Crippen molar-refractivity contribution in [3.05, 3.63) is 63.6 Å². The Hall–Kier alpha value is -2.96. The fraction of sp³-hybridized carbons (Fsp3) is 0.835. The monoisotopic (exact) mass is 2090 g/mol. The van der Waals surface area contributed by atoms with Crippen LogP contribution in [0.5, 0.6) is 23.0 Å². The van der Waals surface area contributed by atoms with Crippen LogP contribution < -0.4 is 18.9 Å². The van der Waals surface area contributed by atoms with Crippen molar-refractivity contribution in [3.63, 3.8) is 0 Å². The highest BCUT2D eigenvalue weighted by atomic mass is 32.1. The summed E-state index contributed by atoms with van der Waals surface area (Å²) in [6, 6.07) is 5.06. The molecule has 836 valence electrons. The van der Waals surface area contributed by atoms with Crippen LogP contribution in [0.1, 0.15) is 677 Å². The Morgan fingerprint density at radius 2 is 0.444 bits per heavy atom. The van der Waals surface area contributed by atoms with Crippen LogP contribution in [0, 0.1) is 11.8 Å². The van der Waals surface area contributed by atoms with Gasteiger partial charge in [-0.25, -0.2) is 0 Å². The van der Waals surface area contributed by atoms with E-state index in [9.17, 15) is 0 Å². The van der Waals surface area contributed by atoms with Gasteiger partial charge in [0.2, 0.25) is 0 Å². The molecule has 5 aromatic heterocycles. The number of nitrogens with zero attached hydrogens (tertiary/aromatic N) is 2. The van der Waals surface area contributed by atoms with Crippen molar-refractivity contribution in [1.29, 1.82) is 0 Å². The third-order valence-electron chi connectivity index (χ3n) is 29.9. The molecular formula is C133H240N2O4S5. The Labute approximate surface area is 917 Å². The van der Waals surface area contributed by atoms with Gasteiger partial charge in [-0.05, 0) is 145 Å². The molecule has 0 saturated carbocycles. The van der Waals surface area contributed by atoms with Crippen LogP contribution in [0.3, 0.4) is 0 Å². The van der Waals surface area contributed by atoms with Crippen molar-refractivity contribution >= 4 is 68.1 Å². The maximum Gasteiger partial charge on any atom is 0.175 e. The Bertz CT molecular complexity index is 3710. The van der Waals surface area contributed by atoms with Crippen molar-refractivity contribution in [2.75, 3.05) is 26.4 Å². The van der Waals surface area contributed by atoms with Crippen LogP contribution in [-0.4, -0.2) is 35.2 Å². The first kappa shape index (κ1) is 135. The molecule has 2 unspecified atom stereocenters. The van der Waals surface area contributed by atoms with E-state index in [4.69, 9.17) is 27.7 Å². The van der Waals surface area contributed by atoms with E-state index in [2.05, 4.69) is 217 Å². The number of aryl methyl sites for hydroxylation is 2. The molecular weight excluding hydrogens is 1850 g/mol. The number of ether oxygens (including phenoxy) is 4. The SMILES string of the molecule is C.CCCCCCCCCCCCc1c(C(C)(C)C)sc(C(C)(C)C)c1CCCCCCCCCCCC.CCCCCCCCCCCCc1cc(-c2c(OCC(CC)CCCC)c(OCC(CC)CCCC)c(-c3cc(CCCCCCCCCCCC)c(C(C)(C)C)s3)c3nsnc23)sc1C(C)(C)C.CCCCCCCCCCCOc1c(C(C)(C)C)sc(C(C)(C)C)c1OCCCCCCCCCCC. The predicted molar refractivity (Wildman–Crippen MR) is 657 cm³/mol. The molecule has 6 aromatic rings. The lowest BCUT2D eigenvalue weighted by Crippen LogP contribution is -2.15. The largest absolute Gasteiger partial charge is 0.489 e. The van der Waals surface area contributed by atoms with Crippen molar-refractivity contribution in [2.24, 2.45) is 11.8 Å². The molecule has 0 aliphatic rings. The summed E-state index contributed by atoms with van der Waals surface area (Å²) < 4.78 is 38.5. The average molecular weight is 2090 g/mol. The average Bonchev–Trinajstić information content (AvgIpc) is 1.56. The fourth-order valence-electron chi connectivity index (χ4n) is 20.9. The fourth-order valence-corrected chi connectivity index (χ4v) is 26.9. The summed E-state index contributed by atoms with van der Waals surface area (Å²) in [5, 5.41) is 0. The molecule has 6 nitrogen and oxygen atoms in total. The smallest absolute Gasteiger partial charge is 0.175 e. The maximum absolute atomic E-state index is 7.43. The number of rotatable bonds is 82. The second kappa shape index (κ2) is 78.2. The standard InChI is InChI=1S/C62H104N2O2S3.C36H68S.C34H64O2S.CH4/c1-13-19-23-25-27-29-31-33-35-37-41-49-43-51(67-59(49)61(7,8)9)53-55-56(64-69-63-55)54(58(66-46-48(18-6)40-22-16-4)57(53)65-45-47(17-5)39-21-15-3)52-44-50(60(68-52)62(10,11)12)42-38-36-34-32-30-28-26-24-20-14-2;1-9-11-13-15-17-19-21-23-25-27-29-31-32(30-28-26-24-22-20-18-16-14-12-10-2)34(36(6,7)8)37-33(31)35(3,4)5;1-9-11-13-15-17-19-21-23-25-27-35-29-30(32(34(6,7)8)37-31(29)33(3,4)5)36-28-26-24-22-20-18-16-14-12-10-2;/h43-44,47-48H,13-42,45-46H2,1-12H3;9-30H2,1-8H3;9-28H2,1-8H3;1H4. The number of thiophene rings is 4. The quantitative estimate of drug-likeness (QED) is 0.0355. The minimum atomic E-state index is 0. The van der Waals surface area contributed by atoms with Gasteiger partial charge in [-0.3, -0.25) is 0 Å². The van der Waals surface area contributed by atoms with Crippen molar-refractivity contribution < 1.29 is 18.9 Å². The lowest BCUT2D eigenvalue weighted by Gasteiger charge is -2.24. The van der Waals surface area contributed by atoms with Crippen LogP contribution in [0.15, 0.2) is 12.1 Å². The number of hydrogen-bond acceptors (Lipinski definition) is 11. The lowest BCUT2D eigenvalue weighted by molar-refractivity contribution is 0.201. The molecule has 0 aliphatic heterocycles. The van der Waals surface area contributed by atoms with E-state index >= 15 is 0 Å². The molecule has 0 aliphatic carbocycles. The normalized spacial score (nSPS) is 12.7. The second-order valence-corrected chi connectivity index (χ2v) is 55.1. The Morgan fingerprint density at radius 3 is 0.674 bits per heavy atom. The summed E-state index contributed by atoms with van der Waals surface area (Å²) in [5.41, 5.74) is 11.4. The summed E-state index contributed by atoms with van der Waals surface area (Å²) in [5.74, 6) is 4.84. The molecule has 0 amide bonds. The first-order valence-corrected chi connectivity index (χ1v) is 66.0. The molecule has 0 radical (unpaired) electrons. The number of hydrogen-bond donors (Lipinski definition) is 0. The summed E-state index contributed by atoms with van der Waals surface area (Å²) in [7, 11) is 0. The molecule has 0 saturated heterocycles. The topological polar surface area (TPSA) is 62.7 Å². The van der Waals surface area contributed by atoms with Crippen LogP contribution in [-0.2, 0) is 58.2 Å². The van der Waals surface area contributed by atoms with E-state index in [0.717, 1.165) is 96.9 Å². The predicted octanol–water partition coefficient (Wildman–Crippen LogP) is 47.9. The number of unbranched alkanes of at least 4 members (excludes halogenated alkanes) is 54. The van der Waals surface area contributed by atoms with Crippen molar-refractivity contribution in [3.8, 4) is 43.9 Å². The minimum Gasteiger partial charge on any atom is -0.489 e. The van der Waals surface area contributed by atoms with Crippen LogP contribution in [0.4, 0.5) is 0 Å². The van der Waals surface area contributed by atoms with Gasteiger partial charge in [0.05, 0.1) is 59.0 Å². The highest BCUT2D eigenvalue weighted by molar-refractivity contribution is 7.16. The summed E-state index contributed by atoms with van der Waals surface area (Å²) >= 11 is 9.37. The van der Waals surface area contributed by atoms with Gasteiger partial charge >= 0.3 is 0 Å². The van der Waals surface area contributed by atoms with E-state index in [1.807, 2.05) is 34.0 Å². The molecule has 0 bridgehead atoms. The number of fused-ring (bicyclic) bond motifs is 1. The molecule has 5 heterocycles. The first-order valence-electron chi connectivity index (χ1n) is 62.0. The zero-order valence-electron chi connectivity index (χ0n) is 100. The zero-order chi connectivity index (χ0) is 105. The molecule has 1 aromatic carbocycles. The van der Waals surface area contributed by atoms with Crippen LogP contribution >= 0.6 is 57.1 Å². The number of aromatic nitrogens is 2. The second-order valence-electron chi connectivity index (χ2n) is 50.5. The van der Waals surface area contributed by atoms with E-state index in [0.29, 0.717) is 25.0 Å². The Morgan fingerprint density at radius 1 is 0.229 bits per heavy atom. The molecule has 6 rings (SSSR count). The first-order chi connectivity index (χ1) is 68.6. The Balaban J connectivity index is 0.000000603. The van der Waals surface area contributed by atoms with E-state index < -0.39 is 0 Å². The van der Waals surface area contributed by atoms with Gasteiger partial charge in [-0.1, -0.05) is 574 Å². The third kappa shape index (κ3) is 54.2. The number of benzene rings is 1. The van der Waals surface area contributed by atoms with Crippen molar-refractivity contribution in [1.82, 2.24) is 8.75 Å². The van der Waals surface area contributed by atoms with Crippen LogP contribution in [0.2, 0.25) is 0 Å². The van der Waals surface area contributed by atoms with Gasteiger partial charge in [0.1, 0.15) is 11.0 Å². The van der Waals surface area contributed by atoms with Gasteiger partial charge in [0.25, 0.3) is 0 Å². The highest BCUT2D eigenvalue weighted by Gasteiger charge is 2.37. The summed E-state index contributed by atoms with van der Waals surface area (Å²) in [6.45, 7) is 69.0. The molecule has 2 atom stereocenters. The molecule has 11 heteroatoms. The molecule has 0 spiro atoms.